The van der Waals surface area contributed by atoms with E-state index in [2.05, 4.69) is 14.9 Å². The van der Waals surface area contributed by atoms with Crippen molar-refractivity contribution in [1.82, 2.24) is 19.9 Å². The minimum Gasteiger partial charge on any atom is -0.496 e. The third-order valence-electron chi connectivity index (χ3n) is 5.17. The van der Waals surface area contributed by atoms with Crippen LogP contribution in [0.1, 0.15) is 0 Å². The van der Waals surface area contributed by atoms with Crippen molar-refractivity contribution in [3.8, 4) is 34.2 Å². The second kappa shape index (κ2) is 8.19. The zero-order valence-electron chi connectivity index (χ0n) is 17.2. The monoisotopic (exact) mass is 419 g/mol. The lowest BCUT2D eigenvalue weighted by Crippen LogP contribution is -2.37. The summed E-state index contributed by atoms with van der Waals surface area (Å²) in [6.45, 7) is 2.67. The van der Waals surface area contributed by atoms with Crippen molar-refractivity contribution in [2.75, 3.05) is 45.4 Å². The maximum absolute atomic E-state index is 6.25. The summed E-state index contributed by atoms with van der Waals surface area (Å²) in [5, 5.41) is 0. The van der Waals surface area contributed by atoms with Crippen LogP contribution < -0.4 is 14.4 Å². The number of pyridine rings is 2. The Labute approximate surface area is 178 Å². The molecule has 9 heteroatoms. The Morgan fingerprint density at radius 2 is 1.58 bits per heavy atom. The molecule has 0 atom stereocenters. The second-order valence-corrected chi connectivity index (χ2v) is 6.95. The van der Waals surface area contributed by atoms with Crippen molar-refractivity contribution in [3.05, 3.63) is 43.0 Å². The number of aromatic nitrogens is 4. The maximum atomic E-state index is 6.25. The molecule has 4 aromatic heterocycles. The summed E-state index contributed by atoms with van der Waals surface area (Å²) in [6, 6.07) is 5.47. The van der Waals surface area contributed by atoms with Gasteiger partial charge in [0.15, 0.2) is 17.2 Å². The van der Waals surface area contributed by atoms with Crippen LogP contribution in [0.4, 0.5) is 5.82 Å². The van der Waals surface area contributed by atoms with Crippen molar-refractivity contribution in [1.29, 1.82) is 0 Å². The summed E-state index contributed by atoms with van der Waals surface area (Å²) in [5.74, 6) is 3.16. The van der Waals surface area contributed by atoms with Crippen LogP contribution in [0.25, 0.3) is 33.8 Å². The molecule has 0 saturated carbocycles. The number of rotatable bonds is 5. The van der Waals surface area contributed by atoms with Gasteiger partial charge in [0.1, 0.15) is 22.8 Å². The van der Waals surface area contributed by atoms with Crippen molar-refractivity contribution in [2.24, 2.45) is 0 Å². The summed E-state index contributed by atoms with van der Waals surface area (Å²) in [6.07, 6.45) is 6.77. The summed E-state index contributed by atoms with van der Waals surface area (Å²) in [5.41, 5.74) is 2.74. The minimum absolute atomic E-state index is 0.518. The molecule has 1 saturated heterocycles. The summed E-state index contributed by atoms with van der Waals surface area (Å²) >= 11 is 0. The lowest BCUT2D eigenvalue weighted by Gasteiger charge is -2.27. The molecular formula is C22H21N5O4. The van der Waals surface area contributed by atoms with E-state index in [9.17, 15) is 0 Å². The largest absolute Gasteiger partial charge is 0.496 e. The van der Waals surface area contributed by atoms with Gasteiger partial charge in [-0.1, -0.05) is 0 Å². The maximum Gasteiger partial charge on any atom is 0.195 e. The Balaban J connectivity index is 1.72. The molecular weight excluding hydrogens is 398 g/mol. The van der Waals surface area contributed by atoms with Gasteiger partial charge in [-0.15, -0.1) is 0 Å². The standard InChI is InChI=1S/C22H21N5O4/c1-28-17-3-5-23-12-14(17)19-11-16-20(31-19)22(27-7-9-30-10-8-27)26-21(25-16)15-13-24-6-4-18(15)29-2/h3-6,11-13H,7-10H2,1-2H3. The van der Waals surface area contributed by atoms with Gasteiger partial charge in [-0.3, -0.25) is 9.97 Å². The molecule has 1 aliphatic rings. The number of methoxy groups -OCH3 is 2. The van der Waals surface area contributed by atoms with Gasteiger partial charge in [-0.2, -0.15) is 0 Å². The zero-order chi connectivity index (χ0) is 21.2. The third kappa shape index (κ3) is 3.53. The van der Waals surface area contributed by atoms with Crippen LogP contribution >= 0.6 is 0 Å². The molecule has 0 bridgehead atoms. The van der Waals surface area contributed by atoms with E-state index in [1.54, 1.807) is 51.1 Å². The van der Waals surface area contributed by atoms with E-state index in [1.165, 1.54) is 0 Å². The summed E-state index contributed by atoms with van der Waals surface area (Å²) < 4.78 is 22.8. The summed E-state index contributed by atoms with van der Waals surface area (Å²) in [7, 11) is 3.23. The normalized spacial score (nSPS) is 14.1. The van der Waals surface area contributed by atoms with Crippen LogP contribution in [0.2, 0.25) is 0 Å². The number of anilines is 1. The lowest BCUT2D eigenvalue weighted by molar-refractivity contribution is 0.122. The zero-order valence-corrected chi connectivity index (χ0v) is 17.2. The van der Waals surface area contributed by atoms with Gasteiger partial charge in [-0.05, 0) is 12.1 Å². The van der Waals surface area contributed by atoms with Crippen LogP contribution in [0.5, 0.6) is 11.5 Å². The first-order valence-corrected chi connectivity index (χ1v) is 9.89. The molecule has 5 rings (SSSR count). The number of ether oxygens (including phenoxy) is 3. The van der Waals surface area contributed by atoms with Crippen molar-refractivity contribution >= 4 is 16.9 Å². The molecule has 5 heterocycles. The van der Waals surface area contributed by atoms with Crippen LogP contribution in [-0.2, 0) is 4.74 Å². The molecule has 0 amide bonds. The number of fused-ring (bicyclic) bond motifs is 1. The first-order valence-electron chi connectivity index (χ1n) is 9.89. The smallest absolute Gasteiger partial charge is 0.195 e. The van der Waals surface area contributed by atoms with Gasteiger partial charge in [-0.25, -0.2) is 9.97 Å². The highest BCUT2D eigenvalue weighted by molar-refractivity contribution is 5.90. The number of morpholine rings is 1. The minimum atomic E-state index is 0.518. The van der Waals surface area contributed by atoms with Gasteiger partial charge in [0, 0.05) is 43.9 Å². The number of hydrogen-bond acceptors (Lipinski definition) is 9. The number of furan rings is 1. The molecule has 0 spiro atoms. The molecule has 31 heavy (non-hydrogen) atoms. The van der Waals surface area contributed by atoms with Gasteiger partial charge in [0.2, 0.25) is 0 Å². The fourth-order valence-electron chi connectivity index (χ4n) is 3.63. The van der Waals surface area contributed by atoms with Crippen molar-refractivity contribution in [3.63, 3.8) is 0 Å². The highest BCUT2D eigenvalue weighted by atomic mass is 16.5. The van der Waals surface area contributed by atoms with E-state index >= 15 is 0 Å². The molecule has 158 valence electrons. The Kier molecular flexibility index (Phi) is 5.09. The van der Waals surface area contributed by atoms with Crippen molar-refractivity contribution < 1.29 is 18.6 Å². The second-order valence-electron chi connectivity index (χ2n) is 6.95. The topological polar surface area (TPSA) is 95.6 Å². The lowest BCUT2D eigenvalue weighted by atomic mass is 10.2. The molecule has 0 N–H and O–H groups in total. The molecule has 9 nitrogen and oxygen atoms in total. The Morgan fingerprint density at radius 3 is 2.29 bits per heavy atom. The average Bonchev–Trinajstić information content (AvgIpc) is 3.28. The van der Waals surface area contributed by atoms with E-state index in [1.807, 2.05) is 6.07 Å². The molecule has 0 unspecified atom stereocenters. The number of hydrogen-bond donors (Lipinski definition) is 0. The molecule has 0 radical (unpaired) electrons. The Morgan fingerprint density at radius 1 is 0.903 bits per heavy atom. The van der Waals surface area contributed by atoms with Crippen LogP contribution in [0, 0.1) is 0 Å². The third-order valence-corrected chi connectivity index (χ3v) is 5.17. The quantitative estimate of drug-likeness (QED) is 0.483. The molecule has 0 aromatic carbocycles. The van der Waals surface area contributed by atoms with Crippen LogP contribution in [0.15, 0.2) is 47.4 Å². The predicted molar refractivity (Wildman–Crippen MR) is 114 cm³/mol. The fourth-order valence-corrected chi connectivity index (χ4v) is 3.63. The SMILES string of the molecule is COc1ccncc1-c1nc(N2CCOCC2)c2oc(-c3cnccc3OC)cc2n1. The first kappa shape index (κ1) is 19.3. The fraction of sp³-hybridized carbons (Fsp3) is 0.273. The Bertz CT molecular complexity index is 1220. The van der Waals surface area contributed by atoms with E-state index in [-0.39, 0.29) is 0 Å². The van der Waals surface area contributed by atoms with Crippen LogP contribution in [-0.4, -0.2) is 60.5 Å². The predicted octanol–water partition coefficient (Wildman–Crippen LogP) is 3.20. The van der Waals surface area contributed by atoms with E-state index in [0.717, 1.165) is 5.56 Å². The van der Waals surface area contributed by atoms with E-state index in [4.69, 9.17) is 28.6 Å². The van der Waals surface area contributed by atoms with Crippen molar-refractivity contribution in [2.45, 2.75) is 0 Å². The van der Waals surface area contributed by atoms with Gasteiger partial charge in [0.05, 0.1) is 38.6 Å². The molecule has 1 aliphatic heterocycles. The molecule has 1 fully saturated rings. The summed E-state index contributed by atoms with van der Waals surface area (Å²) in [4.78, 5) is 20.2. The Hall–Kier alpha value is -3.72. The molecule has 4 aromatic rings. The van der Waals surface area contributed by atoms with Gasteiger partial charge in [0.25, 0.3) is 0 Å². The highest BCUT2D eigenvalue weighted by Crippen LogP contribution is 2.38. The van der Waals surface area contributed by atoms with E-state index < -0.39 is 0 Å². The first-order chi connectivity index (χ1) is 15.3. The molecule has 0 aliphatic carbocycles. The van der Waals surface area contributed by atoms with Crippen LogP contribution in [0.3, 0.4) is 0 Å². The average molecular weight is 419 g/mol. The number of nitrogens with zero attached hydrogens (tertiary/aromatic N) is 5. The van der Waals surface area contributed by atoms with E-state index in [0.29, 0.717) is 71.9 Å². The van der Waals surface area contributed by atoms with Gasteiger partial charge < -0.3 is 23.5 Å². The highest BCUT2D eigenvalue weighted by Gasteiger charge is 2.23. The van der Waals surface area contributed by atoms with Gasteiger partial charge >= 0.3 is 0 Å².